The molecule has 1 aromatic rings. The summed E-state index contributed by atoms with van der Waals surface area (Å²) >= 11 is 1.99. The van der Waals surface area contributed by atoms with Gasteiger partial charge in [-0.2, -0.15) is 0 Å². The highest BCUT2D eigenvalue weighted by Crippen LogP contribution is 2.22. The maximum absolute atomic E-state index is 12.1. The van der Waals surface area contributed by atoms with Gasteiger partial charge in [0.05, 0.1) is 15.7 Å². The van der Waals surface area contributed by atoms with Crippen LogP contribution < -0.4 is 0 Å². The third kappa shape index (κ3) is 3.10. The van der Waals surface area contributed by atoms with Crippen molar-refractivity contribution in [1.29, 1.82) is 0 Å². The van der Waals surface area contributed by atoms with E-state index in [1.54, 1.807) is 33.0 Å². The first-order valence-corrected chi connectivity index (χ1v) is 6.25. The van der Waals surface area contributed by atoms with E-state index in [4.69, 9.17) is 0 Å². The summed E-state index contributed by atoms with van der Waals surface area (Å²) in [4.78, 5) is 13.6. The molecule has 0 aliphatic rings. The number of aromatic hydroxyl groups is 1. The molecule has 0 unspecified atom stereocenters. The van der Waals surface area contributed by atoms with Gasteiger partial charge in [0.1, 0.15) is 5.75 Å². The molecule has 1 aromatic carbocycles. The first kappa shape index (κ1) is 14.2. The summed E-state index contributed by atoms with van der Waals surface area (Å²) in [5.41, 5.74) is -0.220. The van der Waals surface area contributed by atoms with Gasteiger partial charge >= 0.3 is 0 Å². The normalized spacial score (nSPS) is 11.4. The van der Waals surface area contributed by atoms with Crippen LogP contribution in [0.2, 0.25) is 0 Å². The molecule has 0 spiro atoms. The van der Waals surface area contributed by atoms with E-state index < -0.39 is 5.54 Å². The molecule has 0 atom stereocenters. The van der Waals surface area contributed by atoms with E-state index in [1.807, 2.05) is 22.6 Å². The Hall–Kier alpha value is -0.820. The van der Waals surface area contributed by atoms with Crippen molar-refractivity contribution in [2.75, 3.05) is 13.7 Å². The molecular formula is C12H16INO3. The zero-order valence-corrected chi connectivity index (χ0v) is 12.2. The lowest BCUT2D eigenvalue weighted by molar-refractivity contribution is 0.0473. The second kappa shape index (κ2) is 5.22. The second-order valence-electron chi connectivity index (χ2n) is 4.50. The standard InChI is InChI=1S/C12H16INO3/c1-12(2,7-15)14(3)11(17)8-4-5-9(13)10(16)6-8/h4-6,15-16H,7H2,1-3H3. The smallest absolute Gasteiger partial charge is 0.254 e. The number of phenolic OH excluding ortho intramolecular Hbond substituents is 1. The molecule has 1 rings (SSSR count). The Labute approximate surface area is 114 Å². The van der Waals surface area contributed by atoms with Crippen molar-refractivity contribution in [2.24, 2.45) is 0 Å². The highest BCUT2D eigenvalue weighted by molar-refractivity contribution is 14.1. The Morgan fingerprint density at radius 2 is 2.06 bits per heavy atom. The fraction of sp³-hybridized carbons (Fsp3) is 0.417. The summed E-state index contributed by atoms with van der Waals surface area (Å²) in [6, 6.07) is 4.78. The van der Waals surface area contributed by atoms with Crippen LogP contribution in [-0.4, -0.2) is 40.2 Å². The molecule has 0 radical (unpaired) electrons. The van der Waals surface area contributed by atoms with Crippen LogP contribution in [0.4, 0.5) is 0 Å². The van der Waals surface area contributed by atoms with Crippen molar-refractivity contribution < 1.29 is 15.0 Å². The highest BCUT2D eigenvalue weighted by atomic mass is 127. The molecule has 0 bridgehead atoms. The second-order valence-corrected chi connectivity index (χ2v) is 5.66. The average molecular weight is 349 g/mol. The van der Waals surface area contributed by atoms with Gasteiger partial charge in [0.25, 0.3) is 5.91 Å². The van der Waals surface area contributed by atoms with E-state index >= 15 is 0 Å². The molecule has 0 fully saturated rings. The van der Waals surface area contributed by atoms with Crippen LogP contribution in [0.25, 0.3) is 0 Å². The van der Waals surface area contributed by atoms with Gasteiger partial charge in [0.2, 0.25) is 0 Å². The minimum atomic E-state index is -0.629. The number of aliphatic hydroxyl groups excluding tert-OH is 1. The Morgan fingerprint density at radius 1 is 1.47 bits per heavy atom. The zero-order chi connectivity index (χ0) is 13.2. The van der Waals surface area contributed by atoms with Gasteiger partial charge in [0, 0.05) is 12.6 Å². The number of phenols is 1. The van der Waals surface area contributed by atoms with Crippen LogP contribution in [0.3, 0.4) is 0 Å². The molecule has 17 heavy (non-hydrogen) atoms. The third-order valence-electron chi connectivity index (χ3n) is 2.79. The van der Waals surface area contributed by atoms with Gasteiger partial charge in [-0.15, -0.1) is 0 Å². The van der Waals surface area contributed by atoms with Gasteiger partial charge in [-0.25, -0.2) is 0 Å². The molecular weight excluding hydrogens is 333 g/mol. The predicted octanol–water partition coefficient (Wildman–Crippen LogP) is 1.84. The number of aliphatic hydroxyl groups is 1. The summed E-state index contributed by atoms with van der Waals surface area (Å²) in [6.45, 7) is 3.43. The lowest BCUT2D eigenvalue weighted by Gasteiger charge is -2.34. The number of amides is 1. The first-order valence-electron chi connectivity index (χ1n) is 5.17. The van der Waals surface area contributed by atoms with Gasteiger partial charge in [-0.05, 0) is 54.6 Å². The van der Waals surface area contributed by atoms with Crippen molar-refractivity contribution in [1.82, 2.24) is 4.90 Å². The van der Waals surface area contributed by atoms with Crippen molar-refractivity contribution in [2.45, 2.75) is 19.4 Å². The molecule has 2 N–H and O–H groups in total. The fourth-order valence-electron chi connectivity index (χ4n) is 1.22. The average Bonchev–Trinajstić information content (AvgIpc) is 2.30. The summed E-state index contributed by atoms with van der Waals surface area (Å²) in [6.07, 6.45) is 0. The van der Waals surface area contributed by atoms with E-state index in [2.05, 4.69) is 0 Å². The number of carbonyl (C=O) groups excluding carboxylic acids is 1. The summed E-state index contributed by atoms with van der Waals surface area (Å²) in [5.74, 6) is -0.137. The van der Waals surface area contributed by atoms with Gasteiger partial charge in [0.15, 0.2) is 0 Å². The number of hydrogen-bond acceptors (Lipinski definition) is 3. The van der Waals surface area contributed by atoms with Gasteiger partial charge in [-0.1, -0.05) is 0 Å². The lowest BCUT2D eigenvalue weighted by Crippen LogP contribution is -2.47. The number of likely N-dealkylation sites (N-methyl/N-ethyl adjacent to an activating group) is 1. The molecule has 94 valence electrons. The number of benzene rings is 1. The monoisotopic (exact) mass is 349 g/mol. The maximum atomic E-state index is 12.1. The molecule has 0 heterocycles. The topological polar surface area (TPSA) is 60.8 Å². The Kier molecular flexibility index (Phi) is 4.37. The molecule has 0 saturated carbocycles. The van der Waals surface area contributed by atoms with Crippen LogP contribution in [0, 0.1) is 3.57 Å². The number of halogens is 1. The molecule has 0 aromatic heterocycles. The van der Waals surface area contributed by atoms with Crippen LogP contribution in [-0.2, 0) is 0 Å². The number of nitrogens with zero attached hydrogens (tertiary/aromatic N) is 1. The van der Waals surface area contributed by atoms with E-state index in [9.17, 15) is 15.0 Å². The van der Waals surface area contributed by atoms with Gasteiger partial charge in [-0.3, -0.25) is 4.79 Å². The van der Waals surface area contributed by atoms with Crippen molar-refractivity contribution in [3.63, 3.8) is 0 Å². The molecule has 4 nitrogen and oxygen atoms in total. The largest absolute Gasteiger partial charge is 0.507 e. The van der Waals surface area contributed by atoms with E-state index in [1.165, 1.54) is 11.0 Å². The predicted molar refractivity (Wildman–Crippen MR) is 74.1 cm³/mol. The SMILES string of the molecule is CN(C(=O)c1ccc(I)c(O)c1)C(C)(C)CO. The summed E-state index contributed by atoms with van der Waals surface area (Å²) in [7, 11) is 1.63. The minimum absolute atomic E-state index is 0.0895. The van der Waals surface area contributed by atoms with E-state index in [0.29, 0.717) is 9.13 Å². The summed E-state index contributed by atoms with van der Waals surface area (Å²) < 4.78 is 0.697. The lowest BCUT2D eigenvalue weighted by atomic mass is 10.0. The molecule has 0 saturated heterocycles. The molecule has 0 aliphatic carbocycles. The number of carbonyl (C=O) groups is 1. The minimum Gasteiger partial charge on any atom is -0.507 e. The van der Waals surface area contributed by atoms with Crippen LogP contribution in [0.15, 0.2) is 18.2 Å². The molecule has 5 heteroatoms. The first-order chi connectivity index (χ1) is 7.79. The highest BCUT2D eigenvalue weighted by Gasteiger charge is 2.27. The van der Waals surface area contributed by atoms with Crippen molar-refractivity contribution in [3.8, 4) is 5.75 Å². The molecule has 0 aliphatic heterocycles. The van der Waals surface area contributed by atoms with Crippen LogP contribution in [0.5, 0.6) is 5.75 Å². The van der Waals surface area contributed by atoms with E-state index in [-0.39, 0.29) is 18.3 Å². The quantitative estimate of drug-likeness (QED) is 0.819. The Balaban J connectivity index is 3.01. The fourth-order valence-corrected chi connectivity index (χ4v) is 1.56. The molecule has 1 amide bonds. The van der Waals surface area contributed by atoms with Crippen LogP contribution in [0.1, 0.15) is 24.2 Å². The Bertz CT molecular complexity index is 432. The Morgan fingerprint density at radius 3 is 2.53 bits per heavy atom. The van der Waals surface area contributed by atoms with E-state index in [0.717, 1.165) is 0 Å². The van der Waals surface area contributed by atoms with Crippen LogP contribution >= 0.6 is 22.6 Å². The maximum Gasteiger partial charge on any atom is 0.254 e. The number of rotatable bonds is 3. The summed E-state index contributed by atoms with van der Waals surface area (Å²) in [5, 5.41) is 18.8. The van der Waals surface area contributed by atoms with Crippen molar-refractivity contribution in [3.05, 3.63) is 27.3 Å². The van der Waals surface area contributed by atoms with Crippen molar-refractivity contribution >= 4 is 28.5 Å². The van der Waals surface area contributed by atoms with Gasteiger partial charge < -0.3 is 15.1 Å². The number of hydrogen-bond donors (Lipinski definition) is 2. The zero-order valence-electron chi connectivity index (χ0n) is 10.1. The third-order valence-corrected chi connectivity index (χ3v) is 3.70.